The Balaban J connectivity index is 2.80. The standard InChI is InChI=1S/C4H3/c1-4-2-3-4/h1-3H/q-1. The molecule has 1 aliphatic rings. The lowest BCUT2D eigenvalue weighted by atomic mass is 10.7. The summed E-state index contributed by atoms with van der Waals surface area (Å²) in [4.78, 5) is 0. The highest BCUT2D eigenvalue weighted by Crippen LogP contribution is 2.07. The molecule has 0 heterocycles. The molecule has 0 saturated carbocycles. The third-order valence-corrected chi connectivity index (χ3v) is 0.359. The molecule has 0 amide bonds. The van der Waals surface area contributed by atoms with Gasteiger partial charge < -0.3 is 0 Å². The van der Waals surface area contributed by atoms with Crippen molar-refractivity contribution in [2.45, 2.75) is 0 Å². The van der Waals surface area contributed by atoms with Gasteiger partial charge in [-0.2, -0.15) is 0 Å². The summed E-state index contributed by atoms with van der Waals surface area (Å²) in [7, 11) is 0. The van der Waals surface area contributed by atoms with Crippen LogP contribution in [0.15, 0.2) is 17.7 Å². The van der Waals surface area contributed by atoms with Gasteiger partial charge in [-0.1, -0.05) is 0 Å². The maximum absolute atomic E-state index is 5.03. The van der Waals surface area contributed by atoms with E-state index in [-0.39, 0.29) is 0 Å². The second-order valence-corrected chi connectivity index (χ2v) is 0.833. The fraction of sp³-hybridized carbons (Fsp3) is 0. The van der Waals surface area contributed by atoms with Gasteiger partial charge in [-0.25, -0.2) is 24.3 Å². The van der Waals surface area contributed by atoms with Crippen LogP contribution in [0.3, 0.4) is 0 Å². The maximum Gasteiger partial charge on any atom is -0.221 e. The van der Waals surface area contributed by atoms with E-state index in [4.69, 9.17) is 6.58 Å². The lowest BCUT2D eigenvalue weighted by molar-refractivity contribution is 2.12. The van der Waals surface area contributed by atoms with Crippen LogP contribution in [-0.4, -0.2) is 0 Å². The highest BCUT2D eigenvalue weighted by Gasteiger charge is 1.69. The molecule has 0 nitrogen and oxygen atoms in total. The lowest BCUT2D eigenvalue weighted by Crippen LogP contribution is -1.20. The molecule has 1 aliphatic carbocycles. The van der Waals surface area contributed by atoms with E-state index < -0.39 is 0 Å². The molecule has 0 aromatic rings. The molecule has 0 radical (unpaired) electrons. The van der Waals surface area contributed by atoms with E-state index in [1.165, 1.54) is 0 Å². The molecule has 0 spiro atoms. The van der Waals surface area contributed by atoms with Crippen molar-refractivity contribution >= 4 is 0 Å². The smallest absolute Gasteiger partial charge is 0.221 e. The Bertz CT molecular complexity index is 60.1. The van der Waals surface area contributed by atoms with Crippen LogP contribution in [0.1, 0.15) is 0 Å². The van der Waals surface area contributed by atoms with E-state index in [0.29, 0.717) is 0 Å². The summed E-state index contributed by atoms with van der Waals surface area (Å²) < 4.78 is 0. The molecule has 0 bridgehead atoms. The second-order valence-electron chi connectivity index (χ2n) is 0.833. The SMILES string of the molecule is [CH-]=C1C=C1. The van der Waals surface area contributed by atoms with Crippen LogP contribution in [0.25, 0.3) is 0 Å². The lowest BCUT2D eigenvalue weighted by Gasteiger charge is -1.57. The molecular formula is C4H3-. The minimum atomic E-state index is 0.917. The van der Waals surface area contributed by atoms with E-state index >= 15 is 0 Å². The first-order valence-corrected chi connectivity index (χ1v) is 1.20. The molecule has 1 rings (SSSR count). The predicted molar refractivity (Wildman–Crippen MR) is 17.0 cm³/mol. The summed E-state index contributed by atoms with van der Waals surface area (Å²) in [5, 5.41) is 0. The molecule has 0 aliphatic heterocycles. The first kappa shape index (κ1) is 1.77. The Morgan fingerprint density at radius 3 is 1.75 bits per heavy atom. The molecule has 0 heteroatoms. The predicted octanol–water partition coefficient (Wildman–Crippen LogP) is 0.916. The molecule has 0 saturated heterocycles. The van der Waals surface area contributed by atoms with Gasteiger partial charge in [-0.3, -0.25) is 0 Å². The van der Waals surface area contributed by atoms with Crippen LogP contribution < -0.4 is 0 Å². The molecule has 0 atom stereocenters. The Kier molecular flexibility index (Phi) is 0.120. The molecule has 0 aromatic heterocycles. The topological polar surface area (TPSA) is 0 Å². The summed E-state index contributed by atoms with van der Waals surface area (Å²) in [6, 6.07) is 0. The minimum Gasteiger partial charge on any atom is -0.224 e. The molecular weight excluding hydrogens is 48.0 g/mol. The van der Waals surface area contributed by atoms with Gasteiger partial charge in [0.25, 0.3) is 0 Å². The summed E-state index contributed by atoms with van der Waals surface area (Å²) in [5.74, 6) is 0. The van der Waals surface area contributed by atoms with Crippen LogP contribution in [-0.2, 0) is 0 Å². The summed E-state index contributed by atoms with van der Waals surface area (Å²) >= 11 is 0. The molecule has 0 aromatic carbocycles. The van der Waals surface area contributed by atoms with Crippen molar-refractivity contribution in [3.05, 3.63) is 24.3 Å². The highest BCUT2D eigenvalue weighted by molar-refractivity contribution is 5.42. The number of rotatable bonds is 0. The fourth-order valence-corrected chi connectivity index (χ4v) is 0.0481. The Hall–Kier alpha value is -0.520. The fourth-order valence-electron chi connectivity index (χ4n) is 0.0481. The molecule has 0 unspecified atom stereocenters. The summed E-state index contributed by atoms with van der Waals surface area (Å²) in [6.45, 7) is 5.03. The van der Waals surface area contributed by atoms with Crippen molar-refractivity contribution in [3.63, 3.8) is 0 Å². The maximum atomic E-state index is 5.03. The van der Waals surface area contributed by atoms with Gasteiger partial charge in [0.1, 0.15) is 0 Å². The third-order valence-electron chi connectivity index (χ3n) is 0.359. The number of allylic oxidation sites excluding steroid dienone is 3. The summed E-state index contributed by atoms with van der Waals surface area (Å²) in [6.07, 6.45) is 3.72. The van der Waals surface area contributed by atoms with Crippen molar-refractivity contribution in [1.82, 2.24) is 0 Å². The zero-order valence-electron chi connectivity index (χ0n) is 2.23. The average molecular weight is 51.1 g/mol. The van der Waals surface area contributed by atoms with Crippen LogP contribution in [0.4, 0.5) is 0 Å². The van der Waals surface area contributed by atoms with Crippen LogP contribution >= 0.6 is 0 Å². The van der Waals surface area contributed by atoms with Gasteiger partial charge in [0.2, 0.25) is 0 Å². The van der Waals surface area contributed by atoms with Crippen molar-refractivity contribution in [2.24, 2.45) is 0 Å². The van der Waals surface area contributed by atoms with Crippen LogP contribution in [0.2, 0.25) is 0 Å². The van der Waals surface area contributed by atoms with Crippen LogP contribution in [0, 0.1) is 6.58 Å². The zero-order valence-corrected chi connectivity index (χ0v) is 2.23. The molecule has 0 fully saturated rings. The first-order valence-electron chi connectivity index (χ1n) is 1.20. The summed E-state index contributed by atoms with van der Waals surface area (Å²) in [5.41, 5.74) is 0.917. The van der Waals surface area contributed by atoms with E-state index in [1.807, 2.05) is 12.2 Å². The van der Waals surface area contributed by atoms with Crippen molar-refractivity contribution in [2.75, 3.05) is 0 Å². The van der Waals surface area contributed by atoms with Crippen LogP contribution in [0.5, 0.6) is 0 Å². The molecule has 4 heavy (non-hydrogen) atoms. The van der Waals surface area contributed by atoms with Gasteiger partial charge in [-0.05, 0) is 0 Å². The van der Waals surface area contributed by atoms with Gasteiger partial charge in [-0.15, -0.1) is 0 Å². The van der Waals surface area contributed by atoms with E-state index in [2.05, 4.69) is 0 Å². The van der Waals surface area contributed by atoms with Gasteiger partial charge >= 0.3 is 0 Å². The third kappa shape index (κ3) is 0.0554. The van der Waals surface area contributed by atoms with Gasteiger partial charge in [0.05, 0.1) is 0 Å². The molecule has 0 N–H and O–H groups in total. The largest absolute Gasteiger partial charge is 0.224 e. The van der Waals surface area contributed by atoms with Gasteiger partial charge in [0, 0.05) is 0 Å². The number of hydrogen-bond acceptors (Lipinski definition) is 0. The van der Waals surface area contributed by atoms with E-state index in [0.717, 1.165) is 5.57 Å². The highest BCUT2D eigenvalue weighted by atomic mass is 13.9. The zero-order chi connectivity index (χ0) is 2.99. The number of hydrogen-bond donors (Lipinski definition) is 0. The Morgan fingerprint density at radius 2 is 1.75 bits per heavy atom. The minimum absolute atomic E-state index is 0.917. The van der Waals surface area contributed by atoms with Crippen molar-refractivity contribution in [1.29, 1.82) is 0 Å². The van der Waals surface area contributed by atoms with Crippen molar-refractivity contribution in [3.8, 4) is 0 Å². The quantitative estimate of drug-likeness (QED) is 0.359. The van der Waals surface area contributed by atoms with Gasteiger partial charge in [0.15, 0.2) is 0 Å². The second kappa shape index (κ2) is 0.271. The molecule has 20 valence electrons. The van der Waals surface area contributed by atoms with Crippen molar-refractivity contribution < 1.29 is 0 Å². The Labute approximate surface area is 25.4 Å². The van der Waals surface area contributed by atoms with E-state index in [9.17, 15) is 0 Å². The van der Waals surface area contributed by atoms with E-state index in [1.54, 1.807) is 0 Å². The first-order chi connectivity index (χ1) is 1.89. The normalized spacial score (nSPS) is 17.5. The average Bonchev–Trinajstić information content (AvgIpc) is 1.75. The monoisotopic (exact) mass is 51.0 g/mol. The Morgan fingerprint density at radius 1 is 1.50 bits per heavy atom.